The van der Waals surface area contributed by atoms with Crippen molar-refractivity contribution in [2.45, 2.75) is 27.7 Å². The summed E-state index contributed by atoms with van der Waals surface area (Å²) in [7, 11) is 0. The molecule has 4 heterocycles. The molecule has 8 aromatic carbocycles. The van der Waals surface area contributed by atoms with Gasteiger partial charge in [0.2, 0.25) is 11.8 Å². The normalized spacial score (nSPS) is 12.2. The van der Waals surface area contributed by atoms with Gasteiger partial charge in [-0.2, -0.15) is 5.26 Å². The van der Waals surface area contributed by atoms with Gasteiger partial charge in [0.05, 0.1) is 30.5 Å². The predicted molar refractivity (Wildman–Crippen MR) is 333 cm³/mol. The van der Waals surface area contributed by atoms with Crippen LogP contribution in [0.1, 0.15) is 39.5 Å². The van der Waals surface area contributed by atoms with Crippen LogP contribution >= 0.6 is 23.2 Å². The second-order valence-electron chi connectivity index (χ2n) is 21.0. The molecule has 82 heavy (non-hydrogen) atoms. The molecule has 0 aliphatic carbocycles. The van der Waals surface area contributed by atoms with Crippen molar-refractivity contribution in [1.29, 1.82) is 5.26 Å². The van der Waals surface area contributed by atoms with Crippen LogP contribution in [0.15, 0.2) is 215 Å². The minimum atomic E-state index is -0.623. The molecule has 0 aliphatic rings. The molecule has 0 aliphatic heterocycles. The average Bonchev–Trinajstić information content (AvgIpc) is 1.87. The molecule has 12 aromatic rings. The first-order valence-electron chi connectivity index (χ1n) is 27.2. The highest BCUT2D eigenvalue weighted by atomic mass is 35.5. The maximum atomic E-state index is 12.3. The largest absolute Gasteiger partial charge is 0.493 e. The van der Waals surface area contributed by atoms with Gasteiger partial charge in [-0.3, -0.25) is 0 Å². The summed E-state index contributed by atoms with van der Waals surface area (Å²) in [6, 6.07) is 70.3. The fourth-order valence-electron chi connectivity index (χ4n) is 10.8. The van der Waals surface area contributed by atoms with Crippen molar-refractivity contribution in [3.8, 4) is 40.1 Å². The van der Waals surface area contributed by atoms with Crippen LogP contribution in [0.5, 0.6) is 11.5 Å². The van der Waals surface area contributed by atoms with Crippen LogP contribution in [0, 0.1) is 29.7 Å². The summed E-state index contributed by atoms with van der Waals surface area (Å²) in [6.07, 6.45) is 0. The Morgan fingerprint density at radius 1 is 0.537 bits per heavy atom. The number of nitriles is 1. The van der Waals surface area contributed by atoms with E-state index >= 15 is 0 Å². The summed E-state index contributed by atoms with van der Waals surface area (Å²) < 4.78 is 30.7. The lowest BCUT2D eigenvalue weighted by molar-refractivity contribution is 0.271. The van der Waals surface area contributed by atoms with Crippen molar-refractivity contribution in [3.05, 3.63) is 250 Å². The Hall–Kier alpha value is -9.45. The third-order valence-electron chi connectivity index (χ3n) is 14.4. The number of ether oxygens (including phenoxy) is 2. The molecule has 0 bridgehead atoms. The molecule has 12 rings (SSSR count). The van der Waals surface area contributed by atoms with Crippen molar-refractivity contribution in [1.82, 2.24) is 18.9 Å². The van der Waals surface area contributed by atoms with Gasteiger partial charge in [0.25, 0.3) is 5.70 Å². The Kier molecular flexibility index (Phi) is 14.9. The third-order valence-corrected chi connectivity index (χ3v) is 14.8. The van der Waals surface area contributed by atoms with Crippen molar-refractivity contribution in [2.75, 3.05) is 13.2 Å². The molecule has 0 radical (unpaired) electrons. The Bertz CT molecular complexity index is 4140. The van der Waals surface area contributed by atoms with Gasteiger partial charge < -0.3 is 27.3 Å². The van der Waals surface area contributed by atoms with Crippen LogP contribution in [0.2, 0.25) is 10.0 Å². The zero-order valence-corrected chi connectivity index (χ0v) is 46.9. The van der Waals surface area contributed by atoms with E-state index in [0.717, 1.165) is 33.0 Å². The summed E-state index contributed by atoms with van der Waals surface area (Å²) >= 11 is 13.3. The minimum absolute atomic E-state index is 0.0786. The second kappa shape index (κ2) is 23.0. The van der Waals surface area contributed by atoms with E-state index in [2.05, 4.69) is 120 Å². The van der Waals surface area contributed by atoms with Gasteiger partial charge in [-0.05, 0) is 95.8 Å². The monoisotopic (exact) mass is 1110 g/mol. The summed E-state index contributed by atoms with van der Waals surface area (Å²) in [5.74, 6) is 2.10. The summed E-state index contributed by atoms with van der Waals surface area (Å²) in [6.45, 7) is 17.8. The fraction of sp³-hybridized carbons (Fsp3) is 0.118. The SMILES string of the molecule is [C-]#[N+]/C(c1nc2ccc(Cl)cc2o1)=c1\c2c(-c3ccc(OCC(C)C)cc3)n(B(c3ccccc3)c3ccccc3)/c(=C(/C#N)c3nc4ccc(Cl)cc4o3)c2c(-c2ccc(OCC(C)C)cc2)n1B(c1ccccc1)c1ccccc1. The van der Waals surface area contributed by atoms with Gasteiger partial charge in [-0.25, -0.2) is 14.8 Å². The van der Waals surface area contributed by atoms with E-state index in [-0.39, 0.29) is 34.9 Å². The number of rotatable bonds is 16. The van der Waals surface area contributed by atoms with E-state index in [0.29, 0.717) is 89.8 Å². The van der Waals surface area contributed by atoms with E-state index in [1.807, 2.05) is 97.1 Å². The van der Waals surface area contributed by atoms with Crippen LogP contribution in [-0.4, -0.2) is 45.8 Å². The van der Waals surface area contributed by atoms with Gasteiger partial charge >= 0.3 is 13.7 Å². The van der Waals surface area contributed by atoms with E-state index in [4.69, 9.17) is 51.5 Å². The van der Waals surface area contributed by atoms with E-state index < -0.39 is 13.7 Å². The number of benzene rings is 8. The van der Waals surface area contributed by atoms with Crippen LogP contribution in [0.4, 0.5) is 0 Å². The van der Waals surface area contributed by atoms with Crippen molar-refractivity contribution in [3.63, 3.8) is 0 Å². The number of oxazole rings is 2. The van der Waals surface area contributed by atoms with Crippen LogP contribution in [0.3, 0.4) is 0 Å². The zero-order chi connectivity index (χ0) is 56.4. The van der Waals surface area contributed by atoms with Crippen LogP contribution < -0.4 is 42.0 Å². The molecule has 0 N–H and O–H groups in total. The minimum Gasteiger partial charge on any atom is -0.493 e. The molecule has 0 amide bonds. The smallest absolute Gasteiger partial charge is 0.328 e. The van der Waals surface area contributed by atoms with E-state index in [1.165, 1.54) is 0 Å². The Labute approximate surface area is 485 Å². The zero-order valence-electron chi connectivity index (χ0n) is 45.4. The molecule has 10 nitrogen and oxygen atoms in total. The number of nitrogens with zero attached hydrogens (tertiary/aromatic N) is 6. The maximum Gasteiger partial charge on any atom is 0.328 e. The van der Waals surface area contributed by atoms with Crippen molar-refractivity contribution < 1.29 is 18.3 Å². The summed E-state index contributed by atoms with van der Waals surface area (Å²) in [4.78, 5) is 14.7. The van der Waals surface area contributed by atoms with Crippen molar-refractivity contribution >= 4 is 103 Å². The third kappa shape index (κ3) is 10.2. The van der Waals surface area contributed by atoms with E-state index in [9.17, 15) is 11.8 Å². The second-order valence-corrected chi connectivity index (χ2v) is 21.9. The highest BCUT2D eigenvalue weighted by molar-refractivity contribution is 6.85. The fourth-order valence-corrected chi connectivity index (χ4v) is 11.2. The van der Waals surface area contributed by atoms with Gasteiger partial charge in [0.15, 0.2) is 11.2 Å². The standard InChI is InChI=1S/C68H52B2Cl2N6O4/c1-43(2)41-79-53-32-26-45(27-33-53)63-60-61(66(62(74-5)68-76-57-37-31-52(72)39-59(57)82-68)78(63)70(49-22-14-8-15-23-49)50-24-16-9-17-25-50)64(46-28-34-54(35-29-46)80-42-44(3)4)77(69(47-18-10-6-11-19-47)48-20-12-7-13-21-48)65(60)55(40-73)67-75-56-36-30-51(71)38-58(56)81-67/h6-39,43-44H,41-42H2,1-4H3/b65-55-,66-62+. The lowest BCUT2D eigenvalue weighted by Gasteiger charge is -2.24. The first-order chi connectivity index (χ1) is 40.1. The molecule has 398 valence electrons. The Balaban J connectivity index is 1.41. The molecular weight excluding hydrogens is 1060 g/mol. The topological polar surface area (TPSA) is 109 Å². The average molecular weight is 1110 g/mol. The van der Waals surface area contributed by atoms with Crippen LogP contribution in [-0.2, 0) is 0 Å². The van der Waals surface area contributed by atoms with Gasteiger partial charge in [-0.1, -0.05) is 194 Å². The molecule has 0 fully saturated rings. The first kappa shape index (κ1) is 53.2. The number of aromatic nitrogens is 4. The van der Waals surface area contributed by atoms with Gasteiger partial charge in [0, 0.05) is 44.3 Å². The van der Waals surface area contributed by atoms with Gasteiger partial charge in [-0.15, -0.1) is 0 Å². The Morgan fingerprint density at radius 3 is 1.30 bits per heavy atom. The molecule has 0 spiro atoms. The highest BCUT2D eigenvalue weighted by Gasteiger charge is 2.38. The number of hydrogen-bond donors (Lipinski definition) is 0. The Morgan fingerprint density at radius 2 is 0.915 bits per heavy atom. The molecule has 0 atom stereocenters. The van der Waals surface area contributed by atoms with Gasteiger partial charge in [0.1, 0.15) is 34.2 Å². The molecular formula is C68H52B2Cl2N6O4. The lowest BCUT2D eigenvalue weighted by Crippen LogP contribution is -2.54. The summed E-state index contributed by atoms with van der Waals surface area (Å²) in [5, 5.41) is 15.4. The van der Waals surface area contributed by atoms with E-state index in [1.54, 1.807) is 36.4 Å². The number of halogens is 2. The highest BCUT2D eigenvalue weighted by Crippen LogP contribution is 2.38. The summed E-state index contributed by atoms with van der Waals surface area (Å²) in [5.41, 5.74) is 8.69. The quantitative estimate of drug-likeness (QED) is 0.0700. The lowest BCUT2D eigenvalue weighted by atomic mass is 9.50. The molecule has 14 heteroatoms. The predicted octanol–water partition coefficient (Wildman–Crippen LogP) is 12.5. The molecule has 4 aromatic heterocycles. The van der Waals surface area contributed by atoms with Crippen molar-refractivity contribution in [2.24, 2.45) is 11.8 Å². The molecule has 0 saturated heterocycles. The maximum absolute atomic E-state index is 12.3. The number of hydrogen-bond acceptors (Lipinski definition) is 7. The van der Waals surface area contributed by atoms with Crippen LogP contribution in [0.25, 0.3) is 71.6 Å². The first-order valence-corrected chi connectivity index (χ1v) is 28.0. The molecule has 0 saturated carbocycles. The molecule has 0 unspecified atom stereocenters. The number of fused-ring (bicyclic) bond motifs is 3.